The summed E-state index contributed by atoms with van der Waals surface area (Å²) >= 11 is 0. The van der Waals surface area contributed by atoms with Crippen LogP contribution < -0.4 is 5.32 Å². The minimum absolute atomic E-state index is 0.278. The Kier molecular flexibility index (Phi) is 5.40. The first-order valence-corrected chi connectivity index (χ1v) is 10.2. The number of aliphatic hydroxyl groups is 1. The summed E-state index contributed by atoms with van der Waals surface area (Å²) in [5.74, 6) is 0. The van der Waals surface area contributed by atoms with Gasteiger partial charge in [0, 0.05) is 18.5 Å². The van der Waals surface area contributed by atoms with Crippen LogP contribution in [0.15, 0.2) is 83.8 Å². The minimum Gasteiger partial charge on any atom is -0.387 e. The van der Waals surface area contributed by atoms with E-state index in [9.17, 15) is 13.5 Å². The fourth-order valence-electron chi connectivity index (χ4n) is 2.68. The molecule has 0 aliphatic carbocycles. The molecule has 1 unspecified atom stereocenters. The maximum Gasteiger partial charge on any atom is 0.175 e. The van der Waals surface area contributed by atoms with E-state index in [0.29, 0.717) is 6.54 Å². The predicted molar refractivity (Wildman–Crippen MR) is 105 cm³/mol. The summed E-state index contributed by atoms with van der Waals surface area (Å²) in [5, 5.41) is 13.5. The number of sulfone groups is 1. The number of hydrogen-bond acceptors (Lipinski definition) is 4. The molecule has 0 aliphatic heterocycles. The molecule has 5 heteroatoms. The van der Waals surface area contributed by atoms with Crippen molar-refractivity contribution in [3.05, 3.63) is 84.4 Å². The van der Waals surface area contributed by atoms with Gasteiger partial charge < -0.3 is 10.4 Å². The molecule has 1 atom stereocenters. The molecule has 0 saturated heterocycles. The third-order valence-corrected chi connectivity index (χ3v) is 5.31. The van der Waals surface area contributed by atoms with Crippen LogP contribution in [0.25, 0.3) is 11.1 Å². The topological polar surface area (TPSA) is 66.4 Å². The van der Waals surface area contributed by atoms with Gasteiger partial charge in [-0.1, -0.05) is 54.6 Å². The third kappa shape index (κ3) is 4.50. The van der Waals surface area contributed by atoms with Crippen molar-refractivity contribution >= 4 is 15.5 Å². The smallest absolute Gasteiger partial charge is 0.175 e. The Morgan fingerprint density at radius 3 is 2.00 bits per heavy atom. The highest BCUT2D eigenvalue weighted by Crippen LogP contribution is 2.22. The van der Waals surface area contributed by atoms with Crippen LogP contribution in [-0.4, -0.2) is 26.3 Å². The van der Waals surface area contributed by atoms with E-state index in [0.717, 1.165) is 22.4 Å². The molecule has 0 aromatic heterocycles. The Labute approximate surface area is 154 Å². The lowest BCUT2D eigenvalue weighted by molar-refractivity contribution is 0.191. The SMILES string of the molecule is CS(=O)(=O)c1ccc(NCC(O)c2ccc(-c3ccccc3)cc2)cc1. The highest BCUT2D eigenvalue weighted by atomic mass is 32.2. The largest absolute Gasteiger partial charge is 0.387 e. The Hall–Kier alpha value is -2.63. The standard InChI is InChI=1S/C21H21NO3S/c1-26(24,25)20-13-11-19(12-14-20)22-15-21(23)18-9-7-17(8-10-18)16-5-3-2-4-6-16/h2-14,21-23H,15H2,1H3. The summed E-state index contributed by atoms with van der Waals surface area (Å²) < 4.78 is 22.9. The highest BCUT2D eigenvalue weighted by Gasteiger charge is 2.09. The second-order valence-corrected chi connectivity index (χ2v) is 8.20. The zero-order chi connectivity index (χ0) is 18.6. The third-order valence-electron chi connectivity index (χ3n) is 4.18. The molecule has 0 amide bonds. The molecule has 0 saturated carbocycles. The predicted octanol–water partition coefficient (Wildman–Crippen LogP) is 3.90. The number of nitrogens with one attached hydrogen (secondary N) is 1. The summed E-state index contributed by atoms with van der Waals surface area (Å²) in [6, 6.07) is 24.4. The van der Waals surface area contributed by atoms with E-state index in [1.165, 1.54) is 6.26 Å². The quantitative estimate of drug-likeness (QED) is 0.693. The van der Waals surface area contributed by atoms with Crippen LogP contribution in [-0.2, 0) is 9.84 Å². The van der Waals surface area contributed by atoms with E-state index in [-0.39, 0.29) is 4.90 Å². The lowest BCUT2D eigenvalue weighted by Gasteiger charge is -2.14. The van der Waals surface area contributed by atoms with E-state index >= 15 is 0 Å². The van der Waals surface area contributed by atoms with Crippen molar-refractivity contribution in [1.82, 2.24) is 0 Å². The molecule has 4 nitrogen and oxygen atoms in total. The van der Waals surface area contributed by atoms with E-state index in [1.807, 2.05) is 54.6 Å². The van der Waals surface area contributed by atoms with Crippen molar-refractivity contribution in [3.63, 3.8) is 0 Å². The Morgan fingerprint density at radius 2 is 1.42 bits per heavy atom. The van der Waals surface area contributed by atoms with Gasteiger partial charge in [0.05, 0.1) is 11.0 Å². The van der Waals surface area contributed by atoms with Crippen LogP contribution in [0.3, 0.4) is 0 Å². The Bertz CT molecular complexity index is 950. The van der Waals surface area contributed by atoms with Crippen LogP contribution in [0, 0.1) is 0 Å². The maximum atomic E-state index is 11.5. The van der Waals surface area contributed by atoms with E-state index in [4.69, 9.17) is 0 Å². The normalized spacial score (nSPS) is 12.5. The van der Waals surface area contributed by atoms with Gasteiger partial charge in [-0.15, -0.1) is 0 Å². The summed E-state index contributed by atoms with van der Waals surface area (Å²) in [4.78, 5) is 0.278. The minimum atomic E-state index is -3.20. The molecular weight excluding hydrogens is 346 g/mol. The van der Waals surface area contributed by atoms with Gasteiger partial charge >= 0.3 is 0 Å². The van der Waals surface area contributed by atoms with Crippen LogP contribution in [0.5, 0.6) is 0 Å². The zero-order valence-corrected chi connectivity index (χ0v) is 15.3. The van der Waals surface area contributed by atoms with Crippen molar-refractivity contribution in [2.45, 2.75) is 11.0 Å². The number of aliphatic hydroxyl groups excluding tert-OH is 1. The van der Waals surface area contributed by atoms with Gasteiger partial charge in [-0.3, -0.25) is 0 Å². The lowest BCUT2D eigenvalue weighted by atomic mass is 10.0. The highest BCUT2D eigenvalue weighted by molar-refractivity contribution is 7.90. The molecule has 26 heavy (non-hydrogen) atoms. The molecule has 0 aliphatic rings. The maximum absolute atomic E-state index is 11.5. The molecule has 2 N–H and O–H groups in total. The second kappa shape index (κ2) is 7.72. The molecule has 0 radical (unpaired) electrons. The van der Waals surface area contributed by atoms with Crippen LogP contribution in [0.4, 0.5) is 5.69 Å². The van der Waals surface area contributed by atoms with Crippen molar-refractivity contribution in [2.75, 3.05) is 18.1 Å². The average Bonchev–Trinajstić information content (AvgIpc) is 2.66. The fraction of sp³-hybridized carbons (Fsp3) is 0.143. The van der Waals surface area contributed by atoms with Gasteiger partial charge in [-0.05, 0) is 41.0 Å². The van der Waals surface area contributed by atoms with Gasteiger partial charge in [-0.2, -0.15) is 0 Å². The molecule has 0 fully saturated rings. The van der Waals surface area contributed by atoms with Crippen molar-refractivity contribution in [3.8, 4) is 11.1 Å². The number of anilines is 1. The zero-order valence-electron chi connectivity index (χ0n) is 14.5. The summed E-state index contributed by atoms with van der Waals surface area (Å²) in [7, 11) is -3.20. The monoisotopic (exact) mass is 367 g/mol. The summed E-state index contributed by atoms with van der Waals surface area (Å²) in [6.07, 6.45) is 0.521. The van der Waals surface area contributed by atoms with Crippen LogP contribution >= 0.6 is 0 Å². The number of hydrogen-bond donors (Lipinski definition) is 2. The number of benzene rings is 3. The molecule has 0 heterocycles. The first-order chi connectivity index (χ1) is 12.4. The van der Waals surface area contributed by atoms with E-state index < -0.39 is 15.9 Å². The van der Waals surface area contributed by atoms with E-state index in [1.54, 1.807) is 24.3 Å². The van der Waals surface area contributed by atoms with Crippen LogP contribution in [0.1, 0.15) is 11.7 Å². The van der Waals surface area contributed by atoms with Crippen molar-refractivity contribution in [2.24, 2.45) is 0 Å². The molecule has 134 valence electrons. The molecule has 3 aromatic rings. The fourth-order valence-corrected chi connectivity index (χ4v) is 3.31. The second-order valence-electron chi connectivity index (χ2n) is 6.18. The van der Waals surface area contributed by atoms with Crippen LogP contribution in [0.2, 0.25) is 0 Å². The average molecular weight is 367 g/mol. The van der Waals surface area contributed by atoms with Crippen molar-refractivity contribution in [1.29, 1.82) is 0 Å². The molecule has 0 spiro atoms. The van der Waals surface area contributed by atoms with Crippen molar-refractivity contribution < 1.29 is 13.5 Å². The molecule has 0 bridgehead atoms. The van der Waals surface area contributed by atoms with Gasteiger partial charge in [0.1, 0.15) is 0 Å². The van der Waals surface area contributed by atoms with Gasteiger partial charge in [0.2, 0.25) is 0 Å². The number of rotatable bonds is 6. The Morgan fingerprint density at radius 1 is 0.846 bits per heavy atom. The molecular formula is C21H21NO3S. The first kappa shape index (κ1) is 18.2. The summed E-state index contributed by atoms with van der Waals surface area (Å²) in [6.45, 7) is 0.336. The lowest BCUT2D eigenvalue weighted by Crippen LogP contribution is -2.12. The van der Waals surface area contributed by atoms with Gasteiger partial charge in [0.15, 0.2) is 9.84 Å². The van der Waals surface area contributed by atoms with E-state index in [2.05, 4.69) is 5.32 Å². The van der Waals surface area contributed by atoms with Gasteiger partial charge in [-0.25, -0.2) is 8.42 Å². The first-order valence-electron chi connectivity index (χ1n) is 8.31. The van der Waals surface area contributed by atoms with Gasteiger partial charge in [0.25, 0.3) is 0 Å². The molecule has 3 aromatic carbocycles. The Balaban J connectivity index is 1.62. The summed E-state index contributed by atoms with van der Waals surface area (Å²) in [5.41, 5.74) is 3.82. The molecule has 3 rings (SSSR count).